The fraction of sp³-hybridized carbons (Fsp3) is 0.778. The maximum atomic E-state index is 13.0. The molecule has 1 N–H and O–H groups in total. The standard InChI is InChI=1S/C18H29ClN4O3/c1-13-16(19)17(20-21(13)2)18(25)23-6-5-15(14(12-23)4-3-9-24)22-7-10-26-11-8-22/h14-15,24H,3-12H2,1-2H3/t14-,15+/m1/s1. The van der Waals surface area contributed by atoms with Crippen molar-refractivity contribution in [3.63, 3.8) is 0 Å². The van der Waals surface area contributed by atoms with E-state index < -0.39 is 0 Å². The van der Waals surface area contributed by atoms with Crippen molar-refractivity contribution in [2.24, 2.45) is 13.0 Å². The van der Waals surface area contributed by atoms with Gasteiger partial charge in [0.15, 0.2) is 5.69 Å². The third kappa shape index (κ3) is 4.06. The Balaban J connectivity index is 1.72. The summed E-state index contributed by atoms with van der Waals surface area (Å²) in [6.45, 7) is 6.88. The van der Waals surface area contributed by atoms with Gasteiger partial charge in [0.25, 0.3) is 5.91 Å². The number of aryl methyl sites for hydroxylation is 1. The van der Waals surface area contributed by atoms with Crippen LogP contribution in [-0.4, -0.2) is 82.6 Å². The van der Waals surface area contributed by atoms with Gasteiger partial charge in [-0.3, -0.25) is 14.4 Å². The number of nitrogens with zero attached hydrogens (tertiary/aromatic N) is 4. The molecule has 1 aromatic heterocycles. The Morgan fingerprint density at radius 2 is 2.08 bits per heavy atom. The van der Waals surface area contributed by atoms with E-state index in [1.54, 1.807) is 11.7 Å². The molecule has 0 radical (unpaired) electrons. The first-order valence-electron chi connectivity index (χ1n) is 9.44. The average molecular weight is 385 g/mol. The van der Waals surface area contributed by atoms with Crippen LogP contribution in [0.4, 0.5) is 0 Å². The van der Waals surface area contributed by atoms with Crippen LogP contribution in [0.15, 0.2) is 0 Å². The number of ether oxygens (including phenoxy) is 1. The lowest BCUT2D eigenvalue weighted by molar-refractivity contribution is -0.0197. The van der Waals surface area contributed by atoms with E-state index in [9.17, 15) is 9.90 Å². The van der Waals surface area contributed by atoms with E-state index in [1.165, 1.54) is 0 Å². The van der Waals surface area contributed by atoms with Crippen molar-refractivity contribution in [2.45, 2.75) is 32.2 Å². The van der Waals surface area contributed by atoms with Crippen molar-refractivity contribution in [3.8, 4) is 0 Å². The van der Waals surface area contributed by atoms with Crippen LogP contribution in [0.3, 0.4) is 0 Å². The fourth-order valence-corrected chi connectivity index (χ4v) is 4.34. The molecular formula is C18H29ClN4O3. The molecule has 2 fully saturated rings. The Hall–Kier alpha value is -1.15. The largest absolute Gasteiger partial charge is 0.396 e. The summed E-state index contributed by atoms with van der Waals surface area (Å²) in [4.78, 5) is 17.3. The Labute approximate surface area is 159 Å². The van der Waals surface area contributed by atoms with Crippen LogP contribution in [0, 0.1) is 12.8 Å². The number of rotatable bonds is 5. The number of aromatic nitrogens is 2. The van der Waals surface area contributed by atoms with Gasteiger partial charge in [-0.1, -0.05) is 11.6 Å². The molecule has 2 aliphatic heterocycles. The molecule has 0 unspecified atom stereocenters. The molecule has 3 heterocycles. The Bertz CT molecular complexity index is 630. The predicted molar refractivity (Wildman–Crippen MR) is 99.5 cm³/mol. The molecule has 8 heteroatoms. The lowest BCUT2D eigenvalue weighted by Crippen LogP contribution is -2.55. The van der Waals surface area contributed by atoms with Gasteiger partial charge in [-0.2, -0.15) is 5.10 Å². The summed E-state index contributed by atoms with van der Waals surface area (Å²) in [5.74, 6) is 0.259. The van der Waals surface area contributed by atoms with Crippen molar-refractivity contribution < 1.29 is 14.6 Å². The van der Waals surface area contributed by atoms with E-state index in [0.717, 1.165) is 51.3 Å². The normalized spacial score (nSPS) is 24.8. The Morgan fingerprint density at radius 3 is 2.69 bits per heavy atom. The van der Waals surface area contributed by atoms with Crippen molar-refractivity contribution in [3.05, 3.63) is 16.4 Å². The minimum absolute atomic E-state index is 0.0897. The van der Waals surface area contributed by atoms with E-state index in [2.05, 4.69) is 10.00 Å². The number of hydrogen-bond donors (Lipinski definition) is 1. The van der Waals surface area contributed by atoms with Gasteiger partial charge in [-0.15, -0.1) is 0 Å². The maximum Gasteiger partial charge on any atom is 0.275 e. The highest BCUT2D eigenvalue weighted by molar-refractivity contribution is 6.34. The fourth-order valence-electron chi connectivity index (χ4n) is 4.10. The van der Waals surface area contributed by atoms with Crippen LogP contribution >= 0.6 is 11.6 Å². The second-order valence-electron chi connectivity index (χ2n) is 7.25. The molecule has 7 nitrogen and oxygen atoms in total. The summed E-state index contributed by atoms with van der Waals surface area (Å²) in [6, 6.07) is 0.440. The summed E-state index contributed by atoms with van der Waals surface area (Å²) >= 11 is 6.31. The molecule has 26 heavy (non-hydrogen) atoms. The Kier molecular flexibility index (Phi) is 6.55. The zero-order chi connectivity index (χ0) is 18.7. The number of aliphatic hydroxyl groups excluding tert-OH is 1. The van der Waals surface area contributed by atoms with E-state index in [4.69, 9.17) is 16.3 Å². The van der Waals surface area contributed by atoms with Gasteiger partial charge < -0.3 is 14.7 Å². The molecule has 0 spiro atoms. The molecule has 0 saturated carbocycles. The number of halogens is 1. The van der Waals surface area contributed by atoms with E-state index in [0.29, 0.717) is 35.8 Å². The highest BCUT2D eigenvalue weighted by Crippen LogP contribution is 2.29. The number of carbonyl (C=O) groups excluding carboxylic acids is 1. The quantitative estimate of drug-likeness (QED) is 0.829. The minimum atomic E-state index is -0.0897. The number of amides is 1. The molecule has 1 aromatic rings. The molecular weight excluding hydrogens is 356 g/mol. The number of morpholine rings is 1. The third-order valence-electron chi connectivity index (χ3n) is 5.69. The number of likely N-dealkylation sites (tertiary alicyclic amines) is 1. The van der Waals surface area contributed by atoms with E-state index >= 15 is 0 Å². The summed E-state index contributed by atoms with van der Waals surface area (Å²) in [5.41, 5.74) is 1.15. The molecule has 2 saturated heterocycles. The topological polar surface area (TPSA) is 70.8 Å². The van der Waals surface area contributed by atoms with Crippen LogP contribution in [0.5, 0.6) is 0 Å². The molecule has 2 atom stereocenters. The van der Waals surface area contributed by atoms with Gasteiger partial charge in [-0.25, -0.2) is 0 Å². The van der Waals surface area contributed by atoms with Gasteiger partial charge in [0.05, 0.1) is 23.9 Å². The van der Waals surface area contributed by atoms with Crippen LogP contribution in [0.1, 0.15) is 35.4 Å². The van der Waals surface area contributed by atoms with Crippen LogP contribution in [0.25, 0.3) is 0 Å². The highest BCUT2D eigenvalue weighted by Gasteiger charge is 2.36. The molecule has 146 valence electrons. The van der Waals surface area contributed by atoms with Crippen molar-refractivity contribution >= 4 is 17.5 Å². The van der Waals surface area contributed by atoms with Crippen LogP contribution < -0.4 is 0 Å². The summed E-state index contributed by atoms with van der Waals surface area (Å²) in [5, 5.41) is 14.0. The number of hydrogen-bond acceptors (Lipinski definition) is 5. The predicted octanol–water partition coefficient (Wildman–Crippen LogP) is 1.32. The summed E-state index contributed by atoms with van der Waals surface area (Å²) in [6.07, 6.45) is 2.61. The molecule has 0 aliphatic carbocycles. The van der Waals surface area contributed by atoms with Crippen LogP contribution in [0.2, 0.25) is 5.02 Å². The zero-order valence-electron chi connectivity index (χ0n) is 15.7. The van der Waals surface area contributed by atoms with Gasteiger partial charge in [0, 0.05) is 45.9 Å². The van der Waals surface area contributed by atoms with Gasteiger partial charge in [0.2, 0.25) is 0 Å². The first kappa shape index (κ1) is 19.6. The first-order valence-corrected chi connectivity index (χ1v) is 9.81. The summed E-state index contributed by atoms with van der Waals surface area (Å²) < 4.78 is 7.13. The number of aliphatic hydroxyl groups is 1. The average Bonchev–Trinajstić information content (AvgIpc) is 2.93. The molecule has 1 amide bonds. The summed E-state index contributed by atoms with van der Waals surface area (Å²) in [7, 11) is 1.80. The van der Waals surface area contributed by atoms with Gasteiger partial charge >= 0.3 is 0 Å². The molecule has 0 aromatic carbocycles. The molecule has 3 rings (SSSR count). The lowest BCUT2D eigenvalue weighted by atomic mass is 9.86. The Morgan fingerprint density at radius 1 is 1.35 bits per heavy atom. The molecule has 2 aliphatic rings. The van der Waals surface area contributed by atoms with Crippen LogP contribution in [-0.2, 0) is 11.8 Å². The smallest absolute Gasteiger partial charge is 0.275 e. The molecule has 0 bridgehead atoms. The van der Waals surface area contributed by atoms with Crippen molar-refractivity contribution in [1.29, 1.82) is 0 Å². The van der Waals surface area contributed by atoms with Gasteiger partial charge in [-0.05, 0) is 32.1 Å². The van der Waals surface area contributed by atoms with Crippen molar-refractivity contribution in [1.82, 2.24) is 19.6 Å². The van der Waals surface area contributed by atoms with E-state index in [-0.39, 0.29) is 12.5 Å². The van der Waals surface area contributed by atoms with Crippen molar-refractivity contribution in [2.75, 3.05) is 46.0 Å². The first-order chi connectivity index (χ1) is 12.5. The van der Waals surface area contributed by atoms with Gasteiger partial charge in [0.1, 0.15) is 0 Å². The lowest BCUT2D eigenvalue weighted by Gasteiger charge is -2.45. The minimum Gasteiger partial charge on any atom is -0.396 e. The van der Waals surface area contributed by atoms with E-state index in [1.807, 2.05) is 11.8 Å². The maximum absolute atomic E-state index is 13.0. The highest BCUT2D eigenvalue weighted by atomic mass is 35.5. The second-order valence-corrected chi connectivity index (χ2v) is 7.63. The number of carbonyl (C=O) groups is 1. The SMILES string of the molecule is Cc1c(Cl)c(C(=O)N2CC[C@H](N3CCOCC3)[C@H](CCCO)C2)nn1C. The third-order valence-corrected chi connectivity index (χ3v) is 6.14. The zero-order valence-corrected chi connectivity index (χ0v) is 16.4. The monoisotopic (exact) mass is 384 g/mol. The second kappa shape index (κ2) is 8.69. The number of piperidine rings is 1.